The Morgan fingerprint density at radius 2 is 1.59 bits per heavy atom. The summed E-state index contributed by atoms with van der Waals surface area (Å²) in [6.07, 6.45) is 3.91. The van der Waals surface area contributed by atoms with Crippen LogP contribution in [0, 0.1) is 0 Å². The maximum atomic E-state index is 12.4. The summed E-state index contributed by atoms with van der Waals surface area (Å²) in [6.45, 7) is 2.38. The van der Waals surface area contributed by atoms with E-state index >= 15 is 0 Å². The van der Waals surface area contributed by atoms with Gasteiger partial charge in [-0.05, 0) is 26.7 Å². The summed E-state index contributed by atoms with van der Waals surface area (Å²) >= 11 is 0. The van der Waals surface area contributed by atoms with Gasteiger partial charge in [0.15, 0.2) is 0 Å². The van der Waals surface area contributed by atoms with E-state index in [0.717, 1.165) is 26.2 Å². The minimum Gasteiger partial charge on any atom is -0.285 e. The first-order valence-electron chi connectivity index (χ1n) is 5.97. The minimum absolute atomic E-state index is 0.0889. The Bertz CT molecular complexity index is 296. The standard InChI is InChI=1S/C11H22F2O3S/c1-10(17(14,15)16)8-6-4-3-5-7-9-11(2,12)13/h10H,3-9H2,1-2H3,(H,14,15,16). The number of unbranched alkanes of at least 4 members (excludes halogenated alkanes) is 4. The van der Waals surface area contributed by atoms with E-state index in [1.54, 1.807) is 0 Å². The van der Waals surface area contributed by atoms with Gasteiger partial charge in [-0.2, -0.15) is 8.42 Å². The van der Waals surface area contributed by atoms with Gasteiger partial charge in [0.2, 0.25) is 5.92 Å². The first kappa shape index (κ1) is 16.8. The molecule has 0 spiro atoms. The zero-order chi connectivity index (χ0) is 13.5. The van der Waals surface area contributed by atoms with Crippen LogP contribution < -0.4 is 0 Å². The van der Waals surface area contributed by atoms with Gasteiger partial charge in [-0.1, -0.05) is 25.7 Å². The molecule has 17 heavy (non-hydrogen) atoms. The van der Waals surface area contributed by atoms with Crippen LogP contribution in [-0.4, -0.2) is 24.1 Å². The fraction of sp³-hybridized carbons (Fsp3) is 1.00. The van der Waals surface area contributed by atoms with Crippen molar-refractivity contribution in [2.45, 2.75) is 70.0 Å². The van der Waals surface area contributed by atoms with Crippen LogP contribution in [0.2, 0.25) is 0 Å². The molecule has 1 unspecified atom stereocenters. The summed E-state index contributed by atoms with van der Waals surface area (Å²) in [5.74, 6) is -2.58. The van der Waals surface area contributed by atoms with E-state index < -0.39 is 21.3 Å². The van der Waals surface area contributed by atoms with E-state index in [-0.39, 0.29) is 6.42 Å². The summed E-state index contributed by atoms with van der Waals surface area (Å²) in [5, 5.41) is -0.734. The molecular formula is C11H22F2O3S. The molecule has 0 radical (unpaired) electrons. The largest absolute Gasteiger partial charge is 0.285 e. The lowest BCUT2D eigenvalue weighted by atomic mass is 10.1. The maximum Gasteiger partial charge on any atom is 0.267 e. The van der Waals surface area contributed by atoms with Crippen LogP contribution in [0.25, 0.3) is 0 Å². The highest BCUT2D eigenvalue weighted by molar-refractivity contribution is 7.86. The normalized spacial score (nSPS) is 14.9. The number of hydrogen-bond acceptors (Lipinski definition) is 2. The highest BCUT2D eigenvalue weighted by Gasteiger charge is 2.19. The topological polar surface area (TPSA) is 54.4 Å². The molecule has 0 aromatic rings. The van der Waals surface area contributed by atoms with Crippen molar-refractivity contribution in [3.05, 3.63) is 0 Å². The fourth-order valence-corrected chi connectivity index (χ4v) is 2.01. The van der Waals surface area contributed by atoms with Crippen molar-refractivity contribution < 1.29 is 21.8 Å². The zero-order valence-electron chi connectivity index (χ0n) is 10.5. The highest BCUT2D eigenvalue weighted by atomic mass is 32.2. The van der Waals surface area contributed by atoms with Crippen LogP contribution in [0.5, 0.6) is 0 Å². The molecule has 0 saturated carbocycles. The van der Waals surface area contributed by atoms with E-state index in [9.17, 15) is 17.2 Å². The lowest BCUT2D eigenvalue weighted by Crippen LogP contribution is -2.16. The van der Waals surface area contributed by atoms with Gasteiger partial charge in [-0.15, -0.1) is 0 Å². The average molecular weight is 272 g/mol. The van der Waals surface area contributed by atoms with Crippen LogP contribution >= 0.6 is 0 Å². The molecule has 0 bridgehead atoms. The van der Waals surface area contributed by atoms with Gasteiger partial charge >= 0.3 is 0 Å². The predicted molar refractivity (Wildman–Crippen MR) is 64.0 cm³/mol. The Morgan fingerprint density at radius 1 is 1.12 bits per heavy atom. The number of hydrogen-bond donors (Lipinski definition) is 1. The first-order valence-corrected chi connectivity index (χ1v) is 7.47. The minimum atomic E-state index is -3.92. The molecule has 0 aliphatic rings. The fourth-order valence-electron chi connectivity index (χ4n) is 1.55. The Labute approximate surface area is 102 Å². The van der Waals surface area contributed by atoms with Crippen LogP contribution in [0.4, 0.5) is 8.78 Å². The summed E-state index contributed by atoms with van der Waals surface area (Å²) < 4.78 is 54.9. The molecule has 0 amide bonds. The van der Waals surface area contributed by atoms with Crippen LogP contribution in [0.3, 0.4) is 0 Å². The molecule has 0 aromatic heterocycles. The first-order chi connectivity index (χ1) is 7.63. The predicted octanol–water partition coefficient (Wildman–Crippen LogP) is 3.65. The SMILES string of the molecule is CC(CCCCCCCC(C)(F)F)S(=O)(=O)O. The average Bonchev–Trinajstić information content (AvgIpc) is 2.12. The van der Waals surface area contributed by atoms with E-state index in [2.05, 4.69) is 0 Å². The molecule has 0 saturated heterocycles. The van der Waals surface area contributed by atoms with Crippen molar-refractivity contribution >= 4 is 10.1 Å². The van der Waals surface area contributed by atoms with Gasteiger partial charge < -0.3 is 0 Å². The monoisotopic (exact) mass is 272 g/mol. The molecule has 0 rings (SSSR count). The Morgan fingerprint density at radius 3 is 2.06 bits per heavy atom. The van der Waals surface area contributed by atoms with E-state index in [1.165, 1.54) is 6.92 Å². The third-order valence-corrected chi connectivity index (χ3v) is 3.99. The second-order valence-corrected chi connectivity index (χ2v) is 6.54. The van der Waals surface area contributed by atoms with Crippen molar-refractivity contribution in [3.63, 3.8) is 0 Å². The summed E-state index contributed by atoms with van der Waals surface area (Å²) in [4.78, 5) is 0. The van der Waals surface area contributed by atoms with Crippen molar-refractivity contribution in [2.75, 3.05) is 0 Å². The van der Waals surface area contributed by atoms with Gasteiger partial charge in [0, 0.05) is 6.42 Å². The number of halogens is 2. The van der Waals surface area contributed by atoms with Gasteiger partial charge in [0.1, 0.15) is 0 Å². The van der Waals surface area contributed by atoms with Gasteiger partial charge in [-0.25, -0.2) is 8.78 Å². The van der Waals surface area contributed by atoms with Crippen LogP contribution in [-0.2, 0) is 10.1 Å². The lowest BCUT2D eigenvalue weighted by Gasteiger charge is -2.09. The quantitative estimate of drug-likeness (QED) is 0.515. The molecule has 104 valence electrons. The lowest BCUT2D eigenvalue weighted by molar-refractivity contribution is 0.0103. The molecule has 0 aliphatic heterocycles. The zero-order valence-corrected chi connectivity index (χ0v) is 11.3. The molecule has 1 atom stereocenters. The second kappa shape index (κ2) is 7.26. The molecular weight excluding hydrogens is 250 g/mol. The maximum absolute atomic E-state index is 12.4. The molecule has 0 heterocycles. The van der Waals surface area contributed by atoms with Gasteiger partial charge in [-0.3, -0.25) is 4.55 Å². The van der Waals surface area contributed by atoms with Crippen molar-refractivity contribution in [3.8, 4) is 0 Å². The molecule has 1 N–H and O–H groups in total. The molecule has 0 aliphatic carbocycles. The summed E-state index contributed by atoms with van der Waals surface area (Å²) in [7, 11) is -3.92. The summed E-state index contributed by atoms with van der Waals surface area (Å²) in [5.41, 5.74) is 0. The van der Waals surface area contributed by atoms with E-state index in [1.807, 2.05) is 0 Å². The number of alkyl halides is 2. The number of rotatable bonds is 9. The Balaban J connectivity index is 3.42. The smallest absolute Gasteiger partial charge is 0.267 e. The van der Waals surface area contributed by atoms with Crippen LogP contribution in [0.15, 0.2) is 0 Å². The summed E-state index contributed by atoms with van der Waals surface area (Å²) in [6, 6.07) is 0. The third kappa shape index (κ3) is 10.6. The van der Waals surface area contributed by atoms with Crippen molar-refractivity contribution in [1.82, 2.24) is 0 Å². The van der Waals surface area contributed by atoms with E-state index in [4.69, 9.17) is 4.55 Å². The third-order valence-electron chi connectivity index (χ3n) is 2.73. The molecule has 0 fully saturated rings. The van der Waals surface area contributed by atoms with E-state index in [0.29, 0.717) is 19.3 Å². The van der Waals surface area contributed by atoms with Crippen LogP contribution in [0.1, 0.15) is 58.8 Å². The Hall–Kier alpha value is -0.230. The highest BCUT2D eigenvalue weighted by Crippen LogP contribution is 2.21. The Kier molecular flexibility index (Phi) is 7.16. The van der Waals surface area contributed by atoms with Crippen molar-refractivity contribution in [2.24, 2.45) is 0 Å². The van der Waals surface area contributed by atoms with Gasteiger partial charge in [0.25, 0.3) is 10.1 Å². The molecule has 0 aromatic carbocycles. The van der Waals surface area contributed by atoms with Crippen molar-refractivity contribution in [1.29, 1.82) is 0 Å². The molecule has 3 nitrogen and oxygen atoms in total. The van der Waals surface area contributed by atoms with Gasteiger partial charge in [0.05, 0.1) is 5.25 Å². The second-order valence-electron chi connectivity index (χ2n) is 4.70. The molecule has 6 heteroatoms.